The normalized spacial score (nSPS) is 20.0. The highest BCUT2D eigenvalue weighted by atomic mass is 19.4. The molecule has 30 heavy (non-hydrogen) atoms. The summed E-state index contributed by atoms with van der Waals surface area (Å²) in [5.74, 6) is 0.402. The molecule has 0 aliphatic carbocycles. The summed E-state index contributed by atoms with van der Waals surface area (Å²) in [4.78, 5) is 4.98. The summed E-state index contributed by atoms with van der Waals surface area (Å²) in [7, 11) is 0. The molecule has 5 nitrogen and oxygen atoms in total. The number of piperidine rings is 1. The van der Waals surface area contributed by atoms with E-state index in [-0.39, 0.29) is 0 Å². The Bertz CT molecular complexity index is 820. The Hall–Kier alpha value is -1.90. The van der Waals surface area contributed by atoms with Gasteiger partial charge in [-0.15, -0.1) is 0 Å². The maximum Gasteiger partial charge on any atom is 0.416 e. The number of likely N-dealkylation sites (tertiary alicyclic amines) is 1. The maximum atomic E-state index is 12.8. The zero-order chi connectivity index (χ0) is 21.1. The van der Waals surface area contributed by atoms with E-state index < -0.39 is 11.7 Å². The molecule has 2 aliphatic heterocycles. The maximum absolute atomic E-state index is 12.8. The fourth-order valence-corrected chi connectivity index (χ4v) is 4.31. The second-order valence-electron chi connectivity index (χ2n) is 8.24. The molecule has 0 atom stereocenters. The predicted molar refractivity (Wildman–Crippen MR) is 109 cm³/mol. The van der Waals surface area contributed by atoms with Crippen molar-refractivity contribution in [2.75, 3.05) is 52.5 Å². The van der Waals surface area contributed by atoms with E-state index in [9.17, 15) is 13.2 Å². The summed E-state index contributed by atoms with van der Waals surface area (Å²) in [5, 5.41) is 4.73. The summed E-state index contributed by atoms with van der Waals surface area (Å²) < 4.78 is 45.6. The Morgan fingerprint density at radius 2 is 1.57 bits per heavy atom. The number of aryl methyl sites for hydroxylation is 1. The van der Waals surface area contributed by atoms with Crippen LogP contribution in [0.3, 0.4) is 0 Å². The highest BCUT2D eigenvalue weighted by Crippen LogP contribution is 2.31. The first-order chi connectivity index (χ1) is 14.4. The highest BCUT2D eigenvalue weighted by Gasteiger charge is 2.30. The summed E-state index contributed by atoms with van der Waals surface area (Å²) in [6, 6.07) is 7.28. The van der Waals surface area contributed by atoms with Gasteiger partial charge in [0, 0.05) is 37.8 Å². The van der Waals surface area contributed by atoms with Crippen LogP contribution < -0.4 is 0 Å². The molecule has 3 heterocycles. The van der Waals surface area contributed by atoms with Crippen LogP contribution in [0.2, 0.25) is 0 Å². The van der Waals surface area contributed by atoms with Crippen LogP contribution in [-0.2, 0) is 10.9 Å². The zero-order valence-corrected chi connectivity index (χ0v) is 17.4. The molecule has 4 rings (SSSR count). The van der Waals surface area contributed by atoms with Gasteiger partial charge in [-0.2, -0.15) is 18.3 Å². The van der Waals surface area contributed by atoms with Crippen LogP contribution in [0.1, 0.15) is 35.7 Å². The lowest BCUT2D eigenvalue weighted by Crippen LogP contribution is -2.43. The van der Waals surface area contributed by atoms with E-state index in [1.165, 1.54) is 12.1 Å². The van der Waals surface area contributed by atoms with Crippen LogP contribution in [0.25, 0.3) is 5.69 Å². The van der Waals surface area contributed by atoms with Crippen molar-refractivity contribution in [3.8, 4) is 5.69 Å². The van der Waals surface area contributed by atoms with E-state index in [1.54, 1.807) is 4.68 Å². The van der Waals surface area contributed by atoms with Gasteiger partial charge in [-0.05, 0) is 63.2 Å². The van der Waals surface area contributed by atoms with Crippen molar-refractivity contribution in [1.82, 2.24) is 19.6 Å². The summed E-state index contributed by atoms with van der Waals surface area (Å²) >= 11 is 0. The number of morpholine rings is 1. The van der Waals surface area contributed by atoms with Crippen molar-refractivity contribution in [1.29, 1.82) is 0 Å². The van der Waals surface area contributed by atoms with Crippen LogP contribution in [-0.4, -0.2) is 72.1 Å². The molecule has 0 spiro atoms. The van der Waals surface area contributed by atoms with E-state index in [0.29, 0.717) is 11.6 Å². The molecule has 0 bridgehead atoms. The van der Waals surface area contributed by atoms with Gasteiger partial charge in [-0.25, -0.2) is 4.68 Å². The Balaban J connectivity index is 1.33. The number of hydrogen-bond acceptors (Lipinski definition) is 4. The summed E-state index contributed by atoms with van der Waals surface area (Å²) in [6.45, 7) is 9.97. The third-order valence-electron chi connectivity index (χ3n) is 6.19. The van der Waals surface area contributed by atoms with Crippen molar-refractivity contribution in [2.24, 2.45) is 0 Å². The first kappa shape index (κ1) is 21.3. The van der Waals surface area contributed by atoms with Crippen molar-refractivity contribution < 1.29 is 17.9 Å². The van der Waals surface area contributed by atoms with Crippen LogP contribution in [0, 0.1) is 6.92 Å². The number of halogens is 3. The minimum absolute atomic E-state index is 0.402. The Kier molecular flexibility index (Phi) is 6.46. The highest BCUT2D eigenvalue weighted by molar-refractivity contribution is 5.37. The first-order valence-corrected chi connectivity index (χ1v) is 10.7. The number of rotatable bonds is 5. The Morgan fingerprint density at radius 3 is 2.17 bits per heavy atom. The molecule has 1 aromatic heterocycles. The predicted octanol–water partition coefficient (Wildman–Crippen LogP) is 3.71. The van der Waals surface area contributed by atoms with Gasteiger partial charge in [0.1, 0.15) is 0 Å². The van der Waals surface area contributed by atoms with Gasteiger partial charge < -0.3 is 9.64 Å². The van der Waals surface area contributed by atoms with Crippen LogP contribution >= 0.6 is 0 Å². The molecule has 8 heteroatoms. The van der Waals surface area contributed by atoms with Crippen LogP contribution in [0.15, 0.2) is 30.3 Å². The quantitative estimate of drug-likeness (QED) is 0.736. The van der Waals surface area contributed by atoms with E-state index in [2.05, 4.69) is 15.9 Å². The largest absolute Gasteiger partial charge is 0.416 e. The van der Waals surface area contributed by atoms with Gasteiger partial charge >= 0.3 is 6.18 Å². The molecule has 2 fully saturated rings. The molecule has 2 aromatic rings. The number of aromatic nitrogens is 2. The van der Waals surface area contributed by atoms with E-state index in [1.807, 2.05) is 6.92 Å². The van der Waals surface area contributed by atoms with Crippen molar-refractivity contribution >= 4 is 0 Å². The molecular formula is C22H29F3N4O. The average Bonchev–Trinajstić information content (AvgIpc) is 3.14. The molecule has 1 aromatic carbocycles. The van der Waals surface area contributed by atoms with Gasteiger partial charge in [-0.1, -0.05) is 0 Å². The van der Waals surface area contributed by atoms with Gasteiger partial charge in [0.15, 0.2) is 0 Å². The number of ether oxygens (including phenoxy) is 1. The van der Waals surface area contributed by atoms with Crippen molar-refractivity contribution in [2.45, 2.75) is 31.9 Å². The first-order valence-electron chi connectivity index (χ1n) is 10.7. The minimum atomic E-state index is -4.32. The monoisotopic (exact) mass is 422 g/mol. The third-order valence-corrected chi connectivity index (χ3v) is 6.19. The number of alkyl halides is 3. The second kappa shape index (κ2) is 9.08. The third kappa shape index (κ3) is 5.04. The van der Waals surface area contributed by atoms with Gasteiger partial charge in [0.25, 0.3) is 0 Å². The topological polar surface area (TPSA) is 33.5 Å². The van der Waals surface area contributed by atoms with Crippen LogP contribution in [0.5, 0.6) is 0 Å². The fourth-order valence-electron chi connectivity index (χ4n) is 4.31. The molecule has 2 saturated heterocycles. The smallest absolute Gasteiger partial charge is 0.379 e. The lowest BCUT2D eigenvalue weighted by molar-refractivity contribution is -0.137. The van der Waals surface area contributed by atoms with Gasteiger partial charge in [0.05, 0.1) is 30.2 Å². The average molecular weight is 422 g/mol. The SMILES string of the molecule is Cc1cc(C2CCN(CCN3CCOCC3)CC2)nn1-c1ccc(C(F)(F)F)cc1. The zero-order valence-electron chi connectivity index (χ0n) is 17.4. The molecule has 0 amide bonds. The standard InChI is InChI=1S/C22H29F3N4O/c1-17-16-21(26-29(17)20-4-2-19(3-5-20)22(23,24)25)18-6-8-27(9-7-18)10-11-28-12-14-30-15-13-28/h2-5,16,18H,6-15H2,1H3. The van der Waals surface area contributed by atoms with E-state index in [0.717, 1.165) is 88.8 Å². The molecule has 0 saturated carbocycles. The van der Waals surface area contributed by atoms with Crippen molar-refractivity contribution in [3.63, 3.8) is 0 Å². The summed E-state index contributed by atoms with van der Waals surface area (Å²) in [6.07, 6.45) is -2.20. The van der Waals surface area contributed by atoms with Crippen molar-refractivity contribution in [3.05, 3.63) is 47.3 Å². The Morgan fingerprint density at radius 1 is 0.967 bits per heavy atom. The number of nitrogens with zero attached hydrogens (tertiary/aromatic N) is 4. The molecular weight excluding hydrogens is 393 g/mol. The lowest BCUT2D eigenvalue weighted by Gasteiger charge is -2.34. The molecule has 164 valence electrons. The van der Waals surface area contributed by atoms with Gasteiger partial charge in [-0.3, -0.25) is 4.90 Å². The van der Waals surface area contributed by atoms with E-state index in [4.69, 9.17) is 9.84 Å². The van der Waals surface area contributed by atoms with Crippen LogP contribution in [0.4, 0.5) is 13.2 Å². The second-order valence-corrected chi connectivity index (χ2v) is 8.24. The van der Waals surface area contributed by atoms with Gasteiger partial charge in [0.2, 0.25) is 0 Å². The molecule has 0 N–H and O–H groups in total. The molecule has 2 aliphatic rings. The minimum Gasteiger partial charge on any atom is -0.379 e. The van der Waals surface area contributed by atoms with E-state index >= 15 is 0 Å². The molecule has 0 radical (unpaired) electrons. The lowest BCUT2D eigenvalue weighted by atomic mass is 9.93. The number of benzene rings is 1. The summed E-state index contributed by atoms with van der Waals surface area (Å²) in [5.41, 5.74) is 2.01. The Labute approximate surface area is 175 Å². The number of hydrogen-bond donors (Lipinski definition) is 0. The molecule has 0 unspecified atom stereocenters. The fraction of sp³-hybridized carbons (Fsp3) is 0.591.